The molecule has 2 aromatic heterocycles. The number of halogens is 4. The van der Waals surface area contributed by atoms with E-state index >= 15 is 0 Å². The molecule has 3 nitrogen and oxygen atoms in total. The maximum absolute atomic E-state index is 12.3. The zero-order valence-corrected chi connectivity index (χ0v) is 7.84. The predicted octanol–water partition coefficient (Wildman–Crippen LogP) is 2.70. The van der Waals surface area contributed by atoms with Crippen molar-refractivity contribution in [3.63, 3.8) is 0 Å². The minimum Gasteiger partial charge on any atom is -0.262 e. The molecule has 0 amide bonds. The SMILES string of the molecule is FC(F)(F)c1nc(Cl)c2ccncc2n1. The average Bonchev–Trinajstić information content (AvgIpc) is 2.16. The van der Waals surface area contributed by atoms with Gasteiger partial charge in [0, 0.05) is 11.6 Å². The summed E-state index contributed by atoms with van der Waals surface area (Å²) >= 11 is 5.59. The highest BCUT2D eigenvalue weighted by atomic mass is 35.5. The number of fused-ring (bicyclic) bond motifs is 1. The van der Waals surface area contributed by atoms with Crippen LogP contribution in [0.15, 0.2) is 18.5 Å². The Labute approximate surface area is 86.9 Å². The fourth-order valence-corrected chi connectivity index (χ4v) is 1.31. The molecule has 0 saturated heterocycles. The van der Waals surface area contributed by atoms with Gasteiger partial charge in [-0.1, -0.05) is 11.6 Å². The molecule has 0 aliphatic rings. The molecule has 0 spiro atoms. The monoisotopic (exact) mass is 233 g/mol. The van der Waals surface area contributed by atoms with Crippen LogP contribution in [0.25, 0.3) is 10.9 Å². The Bertz CT molecular complexity index is 512. The summed E-state index contributed by atoms with van der Waals surface area (Å²) in [6.45, 7) is 0. The molecule has 0 saturated carbocycles. The van der Waals surface area contributed by atoms with E-state index in [1.54, 1.807) is 0 Å². The second kappa shape index (κ2) is 3.30. The lowest BCUT2D eigenvalue weighted by atomic mass is 10.3. The van der Waals surface area contributed by atoms with Gasteiger partial charge in [-0.05, 0) is 6.07 Å². The second-order valence-corrected chi connectivity index (χ2v) is 3.09. The first-order chi connectivity index (χ1) is 6.98. The van der Waals surface area contributed by atoms with Crippen LogP contribution in [-0.2, 0) is 6.18 Å². The number of hydrogen-bond acceptors (Lipinski definition) is 3. The van der Waals surface area contributed by atoms with Crippen molar-refractivity contribution in [3.8, 4) is 0 Å². The first-order valence-corrected chi connectivity index (χ1v) is 4.21. The van der Waals surface area contributed by atoms with Crippen LogP contribution < -0.4 is 0 Å². The smallest absolute Gasteiger partial charge is 0.262 e. The minimum absolute atomic E-state index is 0.0739. The molecule has 2 rings (SSSR count). The fraction of sp³-hybridized carbons (Fsp3) is 0.125. The third kappa shape index (κ3) is 1.85. The number of alkyl halides is 3. The van der Waals surface area contributed by atoms with Gasteiger partial charge < -0.3 is 0 Å². The van der Waals surface area contributed by atoms with Crippen LogP contribution >= 0.6 is 11.6 Å². The van der Waals surface area contributed by atoms with E-state index in [-0.39, 0.29) is 10.7 Å². The van der Waals surface area contributed by atoms with Crippen molar-refractivity contribution in [1.82, 2.24) is 15.0 Å². The highest BCUT2D eigenvalue weighted by molar-refractivity contribution is 6.34. The molecule has 0 aliphatic heterocycles. The van der Waals surface area contributed by atoms with E-state index in [2.05, 4.69) is 15.0 Å². The topological polar surface area (TPSA) is 38.7 Å². The molecule has 0 fully saturated rings. The average molecular weight is 234 g/mol. The summed E-state index contributed by atoms with van der Waals surface area (Å²) in [6.07, 6.45) is -1.99. The third-order valence-electron chi connectivity index (χ3n) is 1.71. The molecule has 78 valence electrons. The van der Waals surface area contributed by atoms with E-state index in [9.17, 15) is 13.2 Å². The zero-order chi connectivity index (χ0) is 11.1. The van der Waals surface area contributed by atoms with E-state index in [0.717, 1.165) is 0 Å². The molecule has 0 aliphatic carbocycles. The molecule has 0 N–H and O–H groups in total. The predicted molar refractivity (Wildman–Crippen MR) is 47.3 cm³/mol. The molecule has 0 radical (unpaired) electrons. The molecule has 0 bridgehead atoms. The molecular formula is C8H3ClF3N3. The summed E-state index contributed by atoms with van der Waals surface area (Å²) in [5, 5.41) is 0.120. The molecule has 15 heavy (non-hydrogen) atoms. The summed E-state index contributed by atoms with van der Waals surface area (Å²) in [4.78, 5) is 10.2. The first-order valence-electron chi connectivity index (χ1n) is 3.83. The van der Waals surface area contributed by atoms with E-state index in [1.807, 2.05) is 0 Å². The van der Waals surface area contributed by atoms with Crippen LogP contribution in [-0.4, -0.2) is 15.0 Å². The Morgan fingerprint density at radius 2 is 1.93 bits per heavy atom. The van der Waals surface area contributed by atoms with Gasteiger partial charge in [0.2, 0.25) is 5.82 Å². The lowest BCUT2D eigenvalue weighted by Gasteiger charge is -2.06. The lowest BCUT2D eigenvalue weighted by molar-refractivity contribution is -0.144. The normalized spacial score (nSPS) is 12.0. The van der Waals surface area contributed by atoms with Crippen molar-refractivity contribution < 1.29 is 13.2 Å². The van der Waals surface area contributed by atoms with Gasteiger partial charge in [-0.25, -0.2) is 9.97 Å². The van der Waals surface area contributed by atoms with Crippen molar-refractivity contribution in [3.05, 3.63) is 29.4 Å². The van der Waals surface area contributed by atoms with Crippen molar-refractivity contribution in [2.75, 3.05) is 0 Å². The molecule has 0 atom stereocenters. The summed E-state index contributed by atoms with van der Waals surface area (Å²) in [5.74, 6) is -1.26. The van der Waals surface area contributed by atoms with Crippen molar-refractivity contribution in [2.24, 2.45) is 0 Å². The van der Waals surface area contributed by atoms with Gasteiger partial charge in [-0.3, -0.25) is 4.98 Å². The summed E-state index contributed by atoms with van der Waals surface area (Å²) in [7, 11) is 0. The number of aromatic nitrogens is 3. The van der Waals surface area contributed by atoms with Gasteiger partial charge in [0.25, 0.3) is 0 Å². The largest absolute Gasteiger partial charge is 0.451 e. The standard InChI is InChI=1S/C8H3ClF3N3/c9-6-4-1-2-13-3-5(4)14-7(15-6)8(10,11)12/h1-3H. The van der Waals surface area contributed by atoms with Gasteiger partial charge in [0.15, 0.2) is 0 Å². The molecule has 7 heteroatoms. The van der Waals surface area contributed by atoms with Crippen LogP contribution in [0.3, 0.4) is 0 Å². The first kappa shape index (κ1) is 10.1. The highest BCUT2D eigenvalue weighted by Crippen LogP contribution is 2.29. The van der Waals surface area contributed by atoms with Crippen LogP contribution in [0.2, 0.25) is 5.15 Å². The van der Waals surface area contributed by atoms with Gasteiger partial charge in [-0.2, -0.15) is 13.2 Å². The lowest BCUT2D eigenvalue weighted by Crippen LogP contribution is -2.11. The van der Waals surface area contributed by atoms with E-state index < -0.39 is 12.0 Å². The van der Waals surface area contributed by atoms with Crippen LogP contribution in [0.5, 0.6) is 0 Å². The molecule has 0 aromatic carbocycles. The Morgan fingerprint density at radius 1 is 1.20 bits per heavy atom. The number of pyridine rings is 1. The number of hydrogen-bond donors (Lipinski definition) is 0. The van der Waals surface area contributed by atoms with Gasteiger partial charge in [-0.15, -0.1) is 0 Å². The number of rotatable bonds is 0. The van der Waals surface area contributed by atoms with E-state index in [1.165, 1.54) is 18.5 Å². The Morgan fingerprint density at radius 3 is 2.60 bits per heavy atom. The van der Waals surface area contributed by atoms with E-state index in [0.29, 0.717) is 5.39 Å². The Kier molecular flexibility index (Phi) is 2.22. The summed E-state index contributed by atoms with van der Waals surface area (Å²) in [5.41, 5.74) is 0.0739. The van der Waals surface area contributed by atoms with Crippen LogP contribution in [0.1, 0.15) is 5.82 Å². The third-order valence-corrected chi connectivity index (χ3v) is 1.99. The highest BCUT2D eigenvalue weighted by Gasteiger charge is 2.35. The van der Waals surface area contributed by atoms with Crippen LogP contribution in [0.4, 0.5) is 13.2 Å². The second-order valence-electron chi connectivity index (χ2n) is 2.73. The molecular weight excluding hydrogens is 231 g/mol. The van der Waals surface area contributed by atoms with Gasteiger partial charge in [0.05, 0.1) is 11.7 Å². The van der Waals surface area contributed by atoms with E-state index in [4.69, 9.17) is 11.6 Å². The molecule has 2 heterocycles. The summed E-state index contributed by atoms with van der Waals surface area (Å²) < 4.78 is 36.9. The fourth-order valence-electron chi connectivity index (χ4n) is 1.07. The van der Waals surface area contributed by atoms with Crippen molar-refractivity contribution >= 4 is 22.5 Å². The minimum atomic E-state index is -4.60. The van der Waals surface area contributed by atoms with Gasteiger partial charge in [0.1, 0.15) is 5.15 Å². The Hall–Kier alpha value is -1.43. The van der Waals surface area contributed by atoms with Crippen LogP contribution in [0, 0.1) is 0 Å². The maximum Gasteiger partial charge on any atom is 0.451 e. The molecule has 0 unspecified atom stereocenters. The zero-order valence-electron chi connectivity index (χ0n) is 7.09. The number of nitrogens with zero attached hydrogens (tertiary/aromatic N) is 3. The quantitative estimate of drug-likeness (QED) is 0.657. The van der Waals surface area contributed by atoms with Crippen molar-refractivity contribution in [2.45, 2.75) is 6.18 Å². The van der Waals surface area contributed by atoms with Crippen molar-refractivity contribution in [1.29, 1.82) is 0 Å². The molecule has 2 aromatic rings. The van der Waals surface area contributed by atoms with Gasteiger partial charge >= 0.3 is 6.18 Å². The Balaban J connectivity index is 2.73. The summed E-state index contributed by atoms with van der Waals surface area (Å²) in [6, 6.07) is 1.46. The maximum atomic E-state index is 12.3.